The minimum absolute atomic E-state index is 0.0385. The molecule has 23 heavy (non-hydrogen) atoms. The number of fused-ring (bicyclic) bond motifs is 1. The Hall–Kier alpha value is -1.88. The number of hydrogen-bond acceptors (Lipinski definition) is 2. The predicted molar refractivity (Wildman–Crippen MR) is 93.6 cm³/mol. The van der Waals surface area contributed by atoms with Gasteiger partial charge in [-0.25, -0.2) is 0 Å². The molecule has 5 heteroatoms. The first-order valence-electron chi connectivity index (χ1n) is 7.78. The smallest absolute Gasteiger partial charge is 0.179 e. The molecule has 2 heterocycles. The number of rotatable bonds is 4. The zero-order chi connectivity index (χ0) is 16.2. The van der Waals surface area contributed by atoms with Crippen molar-refractivity contribution in [1.82, 2.24) is 14.8 Å². The summed E-state index contributed by atoms with van der Waals surface area (Å²) in [5, 5.41) is 5.33. The molecule has 118 valence electrons. The first kappa shape index (κ1) is 14.7. The zero-order valence-corrected chi connectivity index (χ0v) is 14.7. The number of aromatic amines is 1. The summed E-state index contributed by atoms with van der Waals surface area (Å²) in [6.07, 6.45) is 5.53. The molecule has 1 saturated carbocycles. The number of Topliss-reactive ketones (excluding diaryl/α,β-unsaturated/α-hetero) is 1. The van der Waals surface area contributed by atoms with Crippen molar-refractivity contribution in [3.05, 3.63) is 52.4 Å². The quantitative estimate of drug-likeness (QED) is 0.698. The number of aryl methyl sites for hydroxylation is 1. The van der Waals surface area contributed by atoms with Gasteiger partial charge in [0.05, 0.1) is 11.9 Å². The molecule has 3 aromatic rings. The minimum atomic E-state index is -0.0385. The lowest BCUT2D eigenvalue weighted by Crippen LogP contribution is -2.15. The van der Waals surface area contributed by atoms with Gasteiger partial charge in [-0.15, -0.1) is 0 Å². The third-order valence-corrected chi connectivity index (χ3v) is 5.59. The fourth-order valence-corrected chi connectivity index (χ4v) is 3.93. The standard InChI is InChI=1S/C18H18BrN3O/c1-11-7-18(11,13-9-20-22(2)10-13)8-17(23)16-6-12-5-14(19)3-4-15(12)21-16/h3-6,9-11,21H,7-8H2,1-2H3/t11-,18-/m0/s1. The molecule has 4 nitrogen and oxygen atoms in total. The van der Waals surface area contributed by atoms with Crippen molar-refractivity contribution in [3.8, 4) is 0 Å². The van der Waals surface area contributed by atoms with E-state index in [0.717, 1.165) is 21.8 Å². The van der Waals surface area contributed by atoms with Gasteiger partial charge in [-0.1, -0.05) is 22.9 Å². The molecule has 1 N–H and O–H groups in total. The Balaban J connectivity index is 1.63. The lowest BCUT2D eigenvalue weighted by Gasteiger charge is -2.13. The summed E-state index contributed by atoms with van der Waals surface area (Å²) in [4.78, 5) is 16.1. The van der Waals surface area contributed by atoms with Crippen LogP contribution in [-0.4, -0.2) is 20.5 Å². The van der Waals surface area contributed by atoms with Crippen molar-refractivity contribution in [3.63, 3.8) is 0 Å². The summed E-state index contributed by atoms with van der Waals surface area (Å²) < 4.78 is 2.83. The molecule has 2 aromatic heterocycles. The van der Waals surface area contributed by atoms with Crippen LogP contribution in [0.15, 0.2) is 41.1 Å². The number of benzene rings is 1. The maximum Gasteiger partial charge on any atom is 0.179 e. The highest BCUT2D eigenvalue weighted by Crippen LogP contribution is 2.56. The summed E-state index contributed by atoms with van der Waals surface area (Å²) in [6.45, 7) is 2.21. The van der Waals surface area contributed by atoms with E-state index in [9.17, 15) is 4.79 Å². The second-order valence-electron chi connectivity index (χ2n) is 6.68. The molecule has 0 amide bonds. The van der Waals surface area contributed by atoms with Crippen molar-refractivity contribution in [1.29, 1.82) is 0 Å². The molecule has 1 aromatic carbocycles. The Morgan fingerprint density at radius 1 is 1.48 bits per heavy atom. The summed E-state index contributed by atoms with van der Waals surface area (Å²) in [5.41, 5.74) is 2.83. The molecule has 1 aliphatic carbocycles. The van der Waals surface area contributed by atoms with Crippen LogP contribution >= 0.6 is 15.9 Å². The average molecular weight is 372 g/mol. The highest BCUT2D eigenvalue weighted by atomic mass is 79.9. The number of H-pyrrole nitrogens is 1. The van der Waals surface area contributed by atoms with Gasteiger partial charge < -0.3 is 4.98 Å². The van der Waals surface area contributed by atoms with Gasteiger partial charge in [0, 0.05) is 40.5 Å². The van der Waals surface area contributed by atoms with Gasteiger partial charge >= 0.3 is 0 Å². The monoisotopic (exact) mass is 371 g/mol. The van der Waals surface area contributed by atoms with Gasteiger partial charge in [-0.2, -0.15) is 5.10 Å². The van der Waals surface area contributed by atoms with Crippen LogP contribution in [0.25, 0.3) is 10.9 Å². The largest absolute Gasteiger partial charge is 0.352 e. The van der Waals surface area contributed by atoms with E-state index >= 15 is 0 Å². The SMILES string of the molecule is C[C@H]1C[C@@]1(CC(=O)c1cc2cc(Br)ccc2[nH]1)c1cnn(C)c1. The maximum absolute atomic E-state index is 12.8. The van der Waals surface area contributed by atoms with Crippen LogP contribution in [0.2, 0.25) is 0 Å². The molecule has 1 aliphatic rings. The average Bonchev–Trinajstić information content (AvgIpc) is 2.90. The highest BCUT2D eigenvalue weighted by Gasteiger charge is 2.54. The van der Waals surface area contributed by atoms with Gasteiger partial charge in [0.1, 0.15) is 0 Å². The molecule has 0 saturated heterocycles. The van der Waals surface area contributed by atoms with E-state index in [2.05, 4.69) is 32.9 Å². The molecular formula is C18H18BrN3O. The lowest BCUT2D eigenvalue weighted by molar-refractivity contribution is 0.0963. The summed E-state index contributed by atoms with van der Waals surface area (Å²) in [5.74, 6) is 0.694. The molecular weight excluding hydrogens is 354 g/mol. The van der Waals surface area contributed by atoms with Gasteiger partial charge in [0.15, 0.2) is 5.78 Å². The topological polar surface area (TPSA) is 50.7 Å². The summed E-state index contributed by atoms with van der Waals surface area (Å²) in [6, 6.07) is 7.95. The fraction of sp³-hybridized carbons (Fsp3) is 0.333. The molecule has 4 rings (SSSR count). The van der Waals surface area contributed by atoms with Gasteiger partial charge in [-0.3, -0.25) is 9.48 Å². The third kappa shape index (κ3) is 2.43. The number of hydrogen-bond donors (Lipinski definition) is 1. The van der Waals surface area contributed by atoms with Crippen molar-refractivity contribution >= 4 is 32.6 Å². The molecule has 1 fully saturated rings. The molecule has 0 bridgehead atoms. The normalized spacial score (nSPS) is 23.3. The third-order valence-electron chi connectivity index (χ3n) is 5.09. The van der Waals surface area contributed by atoms with Crippen molar-refractivity contribution in [2.75, 3.05) is 0 Å². The Morgan fingerprint density at radius 3 is 2.91 bits per heavy atom. The molecule has 0 aliphatic heterocycles. The van der Waals surface area contributed by atoms with Gasteiger partial charge in [0.2, 0.25) is 0 Å². The number of halogens is 1. The van der Waals surface area contributed by atoms with Crippen LogP contribution in [0.4, 0.5) is 0 Å². The molecule has 0 unspecified atom stereocenters. The van der Waals surface area contributed by atoms with Crippen molar-refractivity contribution in [2.24, 2.45) is 13.0 Å². The zero-order valence-electron chi connectivity index (χ0n) is 13.1. The number of ketones is 1. The van der Waals surface area contributed by atoms with Gasteiger partial charge in [0.25, 0.3) is 0 Å². The Kier molecular flexibility index (Phi) is 3.23. The molecule has 0 radical (unpaired) electrons. The van der Waals surface area contributed by atoms with E-state index in [1.165, 1.54) is 5.56 Å². The van der Waals surface area contributed by atoms with Crippen LogP contribution in [-0.2, 0) is 12.5 Å². The summed E-state index contributed by atoms with van der Waals surface area (Å²) >= 11 is 3.47. The number of carbonyl (C=O) groups excluding carboxylic acids is 1. The van der Waals surface area contributed by atoms with E-state index in [1.54, 1.807) is 0 Å². The number of nitrogens with one attached hydrogen (secondary N) is 1. The van der Waals surface area contributed by atoms with Crippen LogP contribution < -0.4 is 0 Å². The van der Waals surface area contributed by atoms with Crippen molar-refractivity contribution < 1.29 is 4.79 Å². The number of nitrogens with zero attached hydrogens (tertiary/aromatic N) is 2. The Labute approximate surface area is 143 Å². The van der Waals surface area contributed by atoms with E-state index in [0.29, 0.717) is 18.0 Å². The highest BCUT2D eigenvalue weighted by molar-refractivity contribution is 9.10. The number of aromatic nitrogens is 3. The lowest BCUT2D eigenvalue weighted by atomic mass is 9.90. The van der Waals surface area contributed by atoms with Crippen molar-refractivity contribution in [2.45, 2.75) is 25.2 Å². The van der Waals surface area contributed by atoms with E-state index in [1.807, 2.05) is 48.4 Å². The van der Waals surface area contributed by atoms with Crippen LogP contribution in [0.1, 0.15) is 35.8 Å². The second-order valence-corrected chi connectivity index (χ2v) is 7.59. The van der Waals surface area contributed by atoms with E-state index in [4.69, 9.17) is 0 Å². The first-order valence-corrected chi connectivity index (χ1v) is 8.58. The fourth-order valence-electron chi connectivity index (χ4n) is 3.55. The van der Waals surface area contributed by atoms with Crippen LogP contribution in [0, 0.1) is 5.92 Å². The van der Waals surface area contributed by atoms with Gasteiger partial charge in [-0.05, 0) is 42.2 Å². The second kappa shape index (κ2) is 5.06. The van der Waals surface area contributed by atoms with E-state index in [-0.39, 0.29) is 11.2 Å². The molecule has 0 spiro atoms. The van der Waals surface area contributed by atoms with Crippen LogP contribution in [0.5, 0.6) is 0 Å². The van der Waals surface area contributed by atoms with E-state index < -0.39 is 0 Å². The van der Waals surface area contributed by atoms with Crippen LogP contribution in [0.3, 0.4) is 0 Å². The molecule has 2 atom stereocenters. The maximum atomic E-state index is 12.8. The number of carbonyl (C=O) groups is 1. The first-order chi connectivity index (χ1) is 11.0. The summed E-state index contributed by atoms with van der Waals surface area (Å²) in [7, 11) is 1.92. The Bertz CT molecular complexity index is 910. The Morgan fingerprint density at radius 2 is 2.26 bits per heavy atom. The predicted octanol–water partition coefficient (Wildman–Crippen LogP) is 4.21. The minimum Gasteiger partial charge on any atom is -0.352 e.